The first kappa shape index (κ1) is 19.0. The van der Waals surface area contributed by atoms with E-state index in [1.165, 1.54) is 44.1 Å². The number of hydrogen-bond acceptors (Lipinski definition) is 4. The van der Waals surface area contributed by atoms with Crippen molar-refractivity contribution in [3.05, 3.63) is 52.8 Å². The first-order chi connectivity index (χ1) is 12.7. The van der Waals surface area contributed by atoms with Crippen LogP contribution in [0.4, 0.5) is 0 Å². The van der Waals surface area contributed by atoms with Gasteiger partial charge in [0.15, 0.2) is 11.5 Å². The van der Waals surface area contributed by atoms with Crippen LogP contribution in [-0.2, 0) is 13.2 Å². The zero-order chi connectivity index (χ0) is 18.2. The number of nitrogens with one attached hydrogen (secondary N) is 1. The smallest absolute Gasteiger partial charge is 0.161 e. The third-order valence-corrected chi connectivity index (χ3v) is 5.08. The lowest BCUT2D eigenvalue weighted by molar-refractivity contribution is 0.284. The van der Waals surface area contributed by atoms with Crippen LogP contribution in [0.15, 0.2) is 36.5 Å². The number of nitrogens with zero attached hydrogens (tertiary/aromatic N) is 1. The highest BCUT2D eigenvalue weighted by atomic mass is 35.5. The molecule has 0 bridgehead atoms. The summed E-state index contributed by atoms with van der Waals surface area (Å²) in [5.41, 5.74) is 2.18. The van der Waals surface area contributed by atoms with Crippen LogP contribution in [0.5, 0.6) is 11.5 Å². The molecule has 1 heterocycles. The van der Waals surface area contributed by atoms with Crippen molar-refractivity contribution in [1.82, 2.24) is 10.3 Å². The summed E-state index contributed by atoms with van der Waals surface area (Å²) in [7, 11) is 1.68. The second-order valence-corrected chi connectivity index (χ2v) is 7.22. The van der Waals surface area contributed by atoms with Gasteiger partial charge in [-0.25, -0.2) is 4.98 Å². The van der Waals surface area contributed by atoms with Crippen molar-refractivity contribution in [2.75, 3.05) is 7.11 Å². The molecular weight excluding hydrogens is 348 g/mol. The molecule has 0 amide bonds. The Hall–Kier alpha value is -1.78. The zero-order valence-corrected chi connectivity index (χ0v) is 16.1. The van der Waals surface area contributed by atoms with Crippen LogP contribution in [0.2, 0.25) is 5.15 Å². The molecule has 1 aromatic carbocycles. The van der Waals surface area contributed by atoms with Gasteiger partial charge in [0.2, 0.25) is 0 Å². The standard InChI is InChI=1S/C21H27ClN2O2/c1-25-20-12-16(13-23-18-6-4-2-3-5-7-18)8-10-19(20)26-15-17-9-11-21(22)24-14-17/h8-12,14,18,23H,2-7,13,15H2,1H3. The van der Waals surface area contributed by atoms with Crippen LogP contribution in [0.1, 0.15) is 49.7 Å². The Balaban J connectivity index is 1.57. The number of rotatable bonds is 7. The molecule has 0 radical (unpaired) electrons. The Morgan fingerprint density at radius 1 is 1.04 bits per heavy atom. The average molecular weight is 375 g/mol. The van der Waals surface area contributed by atoms with E-state index in [0.717, 1.165) is 23.6 Å². The molecule has 0 spiro atoms. The summed E-state index contributed by atoms with van der Waals surface area (Å²) >= 11 is 5.81. The number of aromatic nitrogens is 1. The quantitative estimate of drug-likeness (QED) is 0.538. The molecule has 1 aliphatic rings. The largest absolute Gasteiger partial charge is 0.493 e. The molecule has 140 valence electrons. The molecule has 0 atom stereocenters. The van der Waals surface area contributed by atoms with Gasteiger partial charge < -0.3 is 14.8 Å². The van der Waals surface area contributed by atoms with Crippen molar-refractivity contribution in [2.45, 2.75) is 57.7 Å². The van der Waals surface area contributed by atoms with Gasteiger partial charge in [-0.1, -0.05) is 49.4 Å². The molecule has 1 aromatic heterocycles. The number of pyridine rings is 1. The molecule has 0 unspecified atom stereocenters. The molecule has 1 aliphatic carbocycles. The Morgan fingerprint density at radius 2 is 1.81 bits per heavy atom. The number of hydrogen-bond donors (Lipinski definition) is 1. The van der Waals surface area contributed by atoms with Crippen molar-refractivity contribution in [1.29, 1.82) is 0 Å². The predicted molar refractivity (Wildman–Crippen MR) is 105 cm³/mol. The molecule has 3 rings (SSSR count). The van der Waals surface area contributed by atoms with Crippen LogP contribution < -0.4 is 14.8 Å². The van der Waals surface area contributed by atoms with Crippen LogP contribution in [0.3, 0.4) is 0 Å². The van der Waals surface area contributed by atoms with E-state index in [9.17, 15) is 0 Å². The van der Waals surface area contributed by atoms with Crippen molar-refractivity contribution in [3.8, 4) is 11.5 Å². The molecule has 2 aromatic rings. The molecule has 5 heteroatoms. The minimum atomic E-state index is 0.431. The van der Waals surface area contributed by atoms with E-state index in [-0.39, 0.29) is 0 Å². The van der Waals surface area contributed by atoms with Crippen LogP contribution >= 0.6 is 11.6 Å². The summed E-state index contributed by atoms with van der Waals surface area (Å²) in [6, 6.07) is 10.4. The lowest BCUT2D eigenvalue weighted by Gasteiger charge is -2.17. The summed E-state index contributed by atoms with van der Waals surface area (Å²) < 4.78 is 11.4. The molecule has 4 nitrogen and oxygen atoms in total. The highest BCUT2D eigenvalue weighted by Gasteiger charge is 2.12. The second-order valence-electron chi connectivity index (χ2n) is 6.83. The third kappa shape index (κ3) is 5.61. The highest BCUT2D eigenvalue weighted by Crippen LogP contribution is 2.29. The van der Waals surface area contributed by atoms with Crippen molar-refractivity contribution < 1.29 is 9.47 Å². The van der Waals surface area contributed by atoms with Crippen molar-refractivity contribution in [2.24, 2.45) is 0 Å². The summed E-state index contributed by atoms with van der Waals surface area (Å²) in [5.74, 6) is 1.49. The van der Waals surface area contributed by atoms with E-state index in [2.05, 4.69) is 22.4 Å². The monoisotopic (exact) mass is 374 g/mol. The third-order valence-electron chi connectivity index (χ3n) is 4.86. The number of methoxy groups -OCH3 is 1. The van der Waals surface area contributed by atoms with E-state index < -0.39 is 0 Å². The highest BCUT2D eigenvalue weighted by molar-refractivity contribution is 6.29. The van der Waals surface area contributed by atoms with E-state index in [1.807, 2.05) is 12.1 Å². The maximum absolute atomic E-state index is 5.89. The number of ether oxygens (including phenoxy) is 2. The van der Waals surface area contributed by atoms with Gasteiger partial charge in [-0.2, -0.15) is 0 Å². The Kier molecular flexibility index (Phi) is 7.15. The fraction of sp³-hybridized carbons (Fsp3) is 0.476. The number of halogens is 1. The lowest BCUT2D eigenvalue weighted by atomic mass is 10.1. The van der Waals surface area contributed by atoms with Crippen LogP contribution in [-0.4, -0.2) is 18.1 Å². The van der Waals surface area contributed by atoms with E-state index >= 15 is 0 Å². The van der Waals surface area contributed by atoms with E-state index in [1.54, 1.807) is 19.4 Å². The second kappa shape index (κ2) is 9.79. The van der Waals surface area contributed by atoms with Gasteiger partial charge in [0.1, 0.15) is 11.8 Å². The minimum absolute atomic E-state index is 0.431. The zero-order valence-electron chi connectivity index (χ0n) is 15.3. The SMILES string of the molecule is COc1cc(CNC2CCCCCC2)ccc1OCc1ccc(Cl)nc1. The Bertz CT molecular complexity index is 683. The van der Waals surface area contributed by atoms with Gasteiger partial charge in [-0.15, -0.1) is 0 Å². The van der Waals surface area contributed by atoms with Crippen molar-refractivity contribution >= 4 is 11.6 Å². The topological polar surface area (TPSA) is 43.4 Å². The maximum atomic E-state index is 5.89. The van der Waals surface area contributed by atoms with Crippen LogP contribution in [0.25, 0.3) is 0 Å². The Morgan fingerprint density at radius 3 is 2.50 bits per heavy atom. The molecular formula is C21H27ClN2O2. The lowest BCUT2D eigenvalue weighted by Crippen LogP contribution is -2.27. The summed E-state index contributed by atoms with van der Waals surface area (Å²) in [6.45, 7) is 1.29. The Labute approximate surface area is 160 Å². The number of benzene rings is 1. The fourth-order valence-electron chi connectivity index (χ4n) is 3.34. The van der Waals surface area contributed by atoms with E-state index in [0.29, 0.717) is 17.8 Å². The fourth-order valence-corrected chi connectivity index (χ4v) is 3.45. The molecule has 1 fully saturated rings. The van der Waals surface area contributed by atoms with Crippen molar-refractivity contribution in [3.63, 3.8) is 0 Å². The molecule has 0 aliphatic heterocycles. The van der Waals surface area contributed by atoms with Gasteiger partial charge in [0.05, 0.1) is 7.11 Å². The van der Waals surface area contributed by atoms with Gasteiger partial charge in [-0.05, 0) is 36.6 Å². The van der Waals surface area contributed by atoms with Gasteiger partial charge in [0, 0.05) is 24.3 Å². The van der Waals surface area contributed by atoms with Crippen LogP contribution in [0, 0.1) is 0 Å². The molecule has 1 N–H and O–H groups in total. The van der Waals surface area contributed by atoms with Gasteiger partial charge in [-0.3, -0.25) is 0 Å². The maximum Gasteiger partial charge on any atom is 0.161 e. The van der Waals surface area contributed by atoms with Gasteiger partial charge in [0.25, 0.3) is 0 Å². The average Bonchev–Trinajstić information content (AvgIpc) is 2.95. The summed E-state index contributed by atoms with van der Waals surface area (Å²) in [6.07, 6.45) is 9.73. The molecule has 26 heavy (non-hydrogen) atoms. The van der Waals surface area contributed by atoms with Gasteiger partial charge >= 0.3 is 0 Å². The first-order valence-electron chi connectivity index (χ1n) is 9.38. The molecule has 1 saturated carbocycles. The summed E-state index contributed by atoms with van der Waals surface area (Å²) in [4.78, 5) is 4.07. The minimum Gasteiger partial charge on any atom is -0.493 e. The first-order valence-corrected chi connectivity index (χ1v) is 9.76. The normalized spacial score (nSPS) is 15.5. The summed E-state index contributed by atoms with van der Waals surface area (Å²) in [5, 5.41) is 4.18. The van der Waals surface area contributed by atoms with E-state index in [4.69, 9.17) is 21.1 Å². The molecule has 0 saturated heterocycles. The predicted octanol–water partition coefficient (Wildman–Crippen LogP) is 5.14.